The first-order valence-corrected chi connectivity index (χ1v) is 9.44. The number of thioether (sulfide) groups is 1. The van der Waals surface area contributed by atoms with Crippen molar-refractivity contribution in [2.45, 2.75) is 52.7 Å². The number of hydrogen-bond acceptors (Lipinski definition) is 4. The fourth-order valence-corrected chi connectivity index (χ4v) is 3.09. The van der Waals surface area contributed by atoms with Gasteiger partial charge in [0.2, 0.25) is 0 Å². The molecule has 0 N–H and O–H groups in total. The fraction of sp³-hybridized carbons (Fsp3) is 0.500. The van der Waals surface area contributed by atoms with Crippen LogP contribution in [0, 0.1) is 12.7 Å². The molecule has 1 aliphatic heterocycles. The van der Waals surface area contributed by atoms with Gasteiger partial charge in [0.1, 0.15) is 5.82 Å². The minimum Gasteiger partial charge on any atom is -0.400 e. The first-order valence-electron chi connectivity index (χ1n) is 8.08. The van der Waals surface area contributed by atoms with Crippen LogP contribution in [0.15, 0.2) is 17.6 Å². The van der Waals surface area contributed by atoms with Gasteiger partial charge in [-0.15, -0.1) is 0 Å². The van der Waals surface area contributed by atoms with E-state index < -0.39 is 24.1 Å². The number of aryl methyl sites for hydroxylation is 1. The molecular formula is C18H23BClFO3S. The minimum absolute atomic E-state index is 0.0184. The summed E-state index contributed by atoms with van der Waals surface area (Å²) in [6.07, 6.45) is 1.69. The van der Waals surface area contributed by atoms with Gasteiger partial charge in [-0.3, -0.25) is 4.79 Å². The Labute approximate surface area is 158 Å². The van der Waals surface area contributed by atoms with Crippen LogP contribution in [0.1, 0.15) is 45.7 Å². The van der Waals surface area contributed by atoms with Crippen molar-refractivity contribution in [1.82, 2.24) is 0 Å². The molecular weight excluding hydrogens is 362 g/mol. The predicted octanol–water partition coefficient (Wildman–Crippen LogP) is 5.08. The van der Waals surface area contributed by atoms with Crippen molar-refractivity contribution in [2.75, 3.05) is 5.75 Å². The lowest BCUT2D eigenvalue weighted by atomic mass is 9.78. The third-order valence-electron chi connectivity index (χ3n) is 4.62. The zero-order valence-corrected chi connectivity index (χ0v) is 17.0. The molecule has 0 aliphatic carbocycles. The molecule has 136 valence electrons. The Morgan fingerprint density at radius 1 is 1.28 bits per heavy atom. The Balaban J connectivity index is 2.40. The van der Waals surface area contributed by atoms with Crippen LogP contribution in [0.3, 0.4) is 0 Å². The van der Waals surface area contributed by atoms with E-state index in [1.165, 1.54) is 13.0 Å². The van der Waals surface area contributed by atoms with E-state index in [1.54, 1.807) is 12.1 Å². The predicted molar refractivity (Wildman–Crippen MR) is 103 cm³/mol. The number of hydrogen-bond donors (Lipinski definition) is 0. The molecule has 0 amide bonds. The Bertz CT molecular complexity index is 703. The van der Waals surface area contributed by atoms with Crippen molar-refractivity contribution >= 4 is 41.7 Å². The van der Waals surface area contributed by atoms with Crippen LogP contribution in [0.2, 0.25) is 5.02 Å². The highest BCUT2D eigenvalue weighted by molar-refractivity contribution is 8.13. The summed E-state index contributed by atoms with van der Waals surface area (Å²) in [5, 5.41) is 0.361. The number of carbonyl (C=O) groups excluding carboxylic acids is 1. The summed E-state index contributed by atoms with van der Waals surface area (Å²) in [7, 11) is -0.632. The van der Waals surface area contributed by atoms with Crippen LogP contribution >= 0.6 is 23.4 Å². The van der Waals surface area contributed by atoms with E-state index in [0.717, 1.165) is 17.3 Å². The molecule has 1 aliphatic rings. The molecule has 1 heterocycles. The third kappa shape index (κ3) is 4.67. The van der Waals surface area contributed by atoms with E-state index >= 15 is 0 Å². The quantitative estimate of drug-likeness (QED) is 0.678. The van der Waals surface area contributed by atoms with Gasteiger partial charge in [-0.1, -0.05) is 29.4 Å². The third-order valence-corrected chi connectivity index (χ3v) is 5.91. The fourth-order valence-electron chi connectivity index (χ4n) is 2.35. The molecule has 0 spiro atoms. The highest BCUT2D eigenvalue weighted by Crippen LogP contribution is 2.39. The first kappa shape index (κ1) is 20.5. The number of rotatable bonds is 4. The lowest BCUT2D eigenvalue weighted by molar-refractivity contribution is -0.109. The Hall–Kier alpha value is -0.815. The highest BCUT2D eigenvalue weighted by Gasteiger charge is 2.52. The van der Waals surface area contributed by atoms with E-state index in [-0.39, 0.29) is 5.12 Å². The summed E-state index contributed by atoms with van der Waals surface area (Å²) in [5.41, 5.74) is 0.870. The number of carbonyl (C=O) groups is 1. The molecule has 3 nitrogen and oxygen atoms in total. The first-order chi connectivity index (χ1) is 11.4. The molecule has 1 saturated heterocycles. The van der Waals surface area contributed by atoms with Crippen molar-refractivity contribution in [1.29, 1.82) is 0 Å². The van der Waals surface area contributed by atoms with Gasteiger partial charge in [0.15, 0.2) is 5.12 Å². The van der Waals surface area contributed by atoms with E-state index in [2.05, 4.69) is 0 Å². The van der Waals surface area contributed by atoms with Crippen LogP contribution in [0.4, 0.5) is 4.39 Å². The van der Waals surface area contributed by atoms with Crippen molar-refractivity contribution in [3.63, 3.8) is 0 Å². The Morgan fingerprint density at radius 2 is 1.84 bits per heavy atom. The number of halogens is 2. The molecule has 25 heavy (non-hydrogen) atoms. The van der Waals surface area contributed by atoms with Crippen molar-refractivity contribution < 1.29 is 18.5 Å². The van der Waals surface area contributed by atoms with Gasteiger partial charge < -0.3 is 9.31 Å². The summed E-state index contributed by atoms with van der Waals surface area (Å²) >= 11 is 7.11. The normalized spacial score (nSPS) is 19.4. The summed E-state index contributed by atoms with van der Waals surface area (Å²) in [4.78, 5) is 11.4. The average Bonchev–Trinajstić information content (AvgIpc) is 2.68. The monoisotopic (exact) mass is 384 g/mol. The van der Waals surface area contributed by atoms with Crippen LogP contribution in [-0.2, 0) is 14.1 Å². The summed E-state index contributed by atoms with van der Waals surface area (Å²) in [6, 6.07) is 2.98. The molecule has 2 rings (SSSR count). The molecule has 1 aromatic carbocycles. The van der Waals surface area contributed by atoms with Gasteiger partial charge in [0.05, 0.1) is 11.2 Å². The van der Waals surface area contributed by atoms with E-state index in [1.807, 2.05) is 34.6 Å². The second-order valence-electron chi connectivity index (χ2n) is 7.21. The van der Waals surface area contributed by atoms with Crippen LogP contribution in [-0.4, -0.2) is 29.2 Å². The second-order valence-corrected chi connectivity index (χ2v) is 8.77. The lowest BCUT2D eigenvalue weighted by Gasteiger charge is -2.32. The molecule has 0 bridgehead atoms. The van der Waals surface area contributed by atoms with Gasteiger partial charge in [0.25, 0.3) is 0 Å². The average molecular weight is 385 g/mol. The lowest BCUT2D eigenvalue weighted by Crippen LogP contribution is -2.41. The second kappa shape index (κ2) is 7.43. The van der Waals surface area contributed by atoms with Crippen molar-refractivity contribution in [2.24, 2.45) is 0 Å². The van der Waals surface area contributed by atoms with Crippen LogP contribution in [0.5, 0.6) is 0 Å². The molecule has 1 aromatic rings. The van der Waals surface area contributed by atoms with E-state index in [9.17, 15) is 9.18 Å². The maximum absolute atomic E-state index is 14.3. The van der Waals surface area contributed by atoms with E-state index in [4.69, 9.17) is 20.9 Å². The molecule has 0 saturated carbocycles. The largest absolute Gasteiger partial charge is 0.491 e. The molecule has 1 fully saturated rings. The molecule has 7 heteroatoms. The maximum Gasteiger partial charge on any atom is 0.491 e. The zero-order valence-electron chi connectivity index (χ0n) is 15.4. The molecule has 0 radical (unpaired) electrons. The van der Waals surface area contributed by atoms with Crippen LogP contribution < -0.4 is 0 Å². The van der Waals surface area contributed by atoms with Crippen molar-refractivity contribution in [3.8, 4) is 0 Å². The molecule has 0 atom stereocenters. The van der Waals surface area contributed by atoms with Gasteiger partial charge in [0, 0.05) is 23.3 Å². The van der Waals surface area contributed by atoms with Gasteiger partial charge in [-0.2, -0.15) is 0 Å². The van der Waals surface area contributed by atoms with Crippen LogP contribution in [0.25, 0.3) is 6.08 Å². The van der Waals surface area contributed by atoms with Gasteiger partial charge in [-0.05, 0) is 57.8 Å². The standard InChI is InChI=1S/C18H23BClFO3S/c1-11-7-13(16(21)9-15(11)20)8-14(10-25-12(2)22)19-23-17(3,4)18(5,6)24-19/h7-9H,10H2,1-6H3. The topological polar surface area (TPSA) is 35.5 Å². The minimum atomic E-state index is -0.632. The van der Waals surface area contributed by atoms with Gasteiger partial charge in [-0.25, -0.2) is 4.39 Å². The molecule has 0 aromatic heterocycles. The summed E-state index contributed by atoms with van der Waals surface area (Å²) in [5.74, 6) is -0.0507. The van der Waals surface area contributed by atoms with Crippen molar-refractivity contribution in [3.05, 3.63) is 39.6 Å². The van der Waals surface area contributed by atoms with E-state index in [0.29, 0.717) is 21.8 Å². The van der Waals surface area contributed by atoms with Gasteiger partial charge >= 0.3 is 7.12 Å². The summed E-state index contributed by atoms with van der Waals surface area (Å²) < 4.78 is 26.4. The maximum atomic E-state index is 14.3. The summed E-state index contributed by atoms with van der Waals surface area (Å²) in [6.45, 7) is 11.1. The Kier molecular flexibility index (Phi) is 6.09. The SMILES string of the molecule is CC(=O)SCC(=Cc1cc(C)c(Cl)cc1F)B1OC(C)(C)C(C)(C)O1. The number of benzene rings is 1. The Morgan fingerprint density at radius 3 is 2.36 bits per heavy atom. The smallest absolute Gasteiger partial charge is 0.400 e. The highest BCUT2D eigenvalue weighted by atomic mass is 35.5. The molecule has 0 unspecified atom stereocenters. The zero-order chi connectivity index (χ0) is 19.0.